The third kappa shape index (κ3) is 3.27. The van der Waals surface area contributed by atoms with Crippen LogP contribution in [-0.2, 0) is 5.41 Å². The summed E-state index contributed by atoms with van der Waals surface area (Å²) >= 11 is 0. The number of hydrogen-bond donors (Lipinski definition) is 1. The second-order valence-electron chi connectivity index (χ2n) is 4.64. The van der Waals surface area contributed by atoms with Crippen molar-refractivity contribution in [2.45, 2.75) is 26.2 Å². The summed E-state index contributed by atoms with van der Waals surface area (Å²) in [6.07, 6.45) is 0. The van der Waals surface area contributed by atoms with Crippen LogP contribution in [0.2, 0.25) is 0 Å². The van der Waals surface area contributed by atoms with Crippen LogP contribution in [0.1, 0.15) is 26.3 Å². The lowest BCUT2D eigenvalue weighted by molar-refractivity contribution is 0.331. The molecule has 0 atom stereocenters. The van der Waals surface area contributed by atoms with E-state index in [2.05, 4.69) is 20.8 Å². The Morgan fingerprint density at radius 2 is 2.00 bits per heavy atom. The molecular formula is C12H18BNO. The first kappa shape index (κ1) is 12.1. The summed E-state index contributed by atoms with van der Waals surface area (Å²) < 4.78 is 5.40. The number of rotatable bonds is 3. The normalized spacial score (nSPS) is 11.5. The Morgan fingerprint density at radius 3 is 2.47 bits per heavy atom. The average Bonchev–Trinajstić information content (AvgIpc) is 2.14. The Morgan fingerprint density at radius 1 is 1.33 bits per heavy atom. The summed E-state index contributed by atoms with van der Waals surface area (Å²) in [4.78, 5) is 0. The van der Waals surface area contributed by atoms with Gasteiger partial charge in [-0.3, -0.25) is 0 Å². The largest absolute Gasteiger partial charge is 0.493 e. The van der Waals surface area contributed by atoms with E-state index in [-0.39, 0.29) is 5.41 Å². The van der Waals surface area contributed by atoms with Gasteiger partial charge in [-0.15, -0.1) is 0 Å². The van der Waals surface area contributed by atoms with Crippen molar-refractivity contribution >= 4 is 13.3 Å². The predicted octanol–water partition coefficient (Wildman–Crippen LogP) is 1.12. The van der Waals surface area contributed by atoms with Gasteiger partial charge in [0, 0.05) is 6.54 Å². The van der Waals surface area contributed by atoms with Crippen LogP contribution in [0.5, 0.6) is 5.75 Å². The van der Waals surface area contributed by atoms with Crippen molar-refractivity contribution in [2.24, 2.45) is 5.73 Å². The fourth-order valence-electron chi connectivity index (χ4n) is 1.32. The molecule has 0 fully saturated rings. The van der Waals surface area contributed by atoms with Gasteiger partial charge in [0.25, 0.3) is 0 Å². The van der Waals surface area contributed by atoms with Gasteiger partial charge in [-0.05, 0) is 17.0 Å². The van der Waals surface area contributed by atoms with E-state index in [1.165, 1.54) is 5.56 Å². The summed E-state index contributed by atoms with van der Waals surface area (Å²) in [6.45, 7) is 7.46. The van der Waals surface area contributed by atoms with Gasteiger partial charge >= 0.3 is 0 Å². The van der Waals surface area contributed by atoms with Crippen LogP contribution in [-0.4, -0.2) is 21.0 Å². The van der Waals surface area contributed by atoms with Crippen molar-refractivity contribution in [1.82, 2.24) is 0 Å². The highest BCUT2D eigenvalue weighted by Crippen LogP contribution is 2.22. The third-order valence-electron chi connectivity index (χ3n) is 2.25. The lowest BCUT2D eigenvalue weighted by atomic mass is 9.82. The molecule has 0 spiro atoms. The molecular weight excluding hydrogens is 185 g/mol. The first-order valence-electron chi connectivity index (χ1n) is 5.18. The maximum absolute atomic E-state index is 5.89. The molecule has 80 valence electrons. The van der Waals surface area contributed by atoms with Crippen LogP contribution in [0.4, 0.5) is 0 Å². The molecule has 2 radical (unpaired) electrons. The van der Waals surface area contributed by atoms with Gasteiger partial charge in [-0.2, -0.15) is 0 Å². The van der Waals surface area contributed by atoms with Gasteiger partial charge in [-0.25, -0.2) is 0 Å². The van der Waals surface area contributed by atoms with Crippen LogP contribution in [0.15, 0.2) is 18.2 Å². The smallest absolute Gasteiger partial charge is 0.119 e. The Bertz CT molecular complexity index is 331. The fourth-order valence-corrected chi connectivity index (χ4v) is 1.32. The Balaban J connectivity index is 2.88. The minimum atomic E-state index is 0.112. The number of benzene rings is 1. The first-order chi connectivity index (χ1) is 6.95. The van der Waals surface area contributed by atoms with Gasteiger partial charge in [0.05, 0.1) is 0 Å². The topological polar surface area (TPSA) is 35.2 Å². The molecule has 3 heteroatoms. The number of nitrogens with two attached hydrogens (primary N) is 1. The summed E-state index contributed by atoms with van der Waals surface area (Å²) in [6, 6.07) is 5.92. The van der Waals surface area contributed by atoms with Gasteiger partial charge in [0.2, 0.25) is 0 Å². The second-order valence-corrected chi connectivity index (χ2v) is 4.64. The van der Waals surface area contributed by atoms with Crippen molar-refractivity contribution in [3.8, 4) is 5.75 Å². The molecule has 1 aromatic carbocycles. The van der Waals surface area contributed by atoms with Gasteiger partial charge < -0.3 is 10.5 Å². The lowest BCUT2D eigenvalue weighted by Crippen LogP contribution is -2.19. The van der Waals surface area contributed by atoms with Gasteiger partial charge in [-0.1, -0.05) is 38.4 Å². The van der Waals surface area contributed by atoms with Gasteiger partial charge in [0.15, 0.2) is 0 Å². The number of hydrogen-bond acceptors (Lipinski definition) is 2. The molecule has 1 aromatic rings. The average molecular weight is 203 g/mol. The van der Waals surface area contributed by atoms with Crippen LogP contribution in [0.3, 0.4) is 0 Å². The van der Waals surface area contributed by atoms with Crippen LogP contribution in [0.25, 0.3) is 0 Å². The van der Waals surface area contributed by atoms with Crippen molar-refractivity contribution in [2.75, 3.05) is 13.2 Å². The quantitative estimate of drug-likeness (QED) is 0.747. The lowest BCUT2D eigenvalue weighted by Gasteiger charge is -2.20. The van der Waals surface area contributed by atoms with E-state index in [0.717, 1.165) is 0 Å². The monoisotopic (exact) mass is 203 g/mol. The molecule has 0 amide bonds. The summed E-state index contributed by atoms with van der Waals surface area (Å²) in [5, 5.41) is 0. The van der Waals surface area contributed by atoms with E-state index in [1.807, 2.05) is 18.2 Å². The SMILES string of the molecule is [B]c1cc(C(C)(C)C)ccc1OCCN. The molecule has 0 saturated heterocycles. The molecule has 0 aromatic heterocycles. The Hall–Kier alpha value is -0.955. The molecule has 0 aliphatic rings. The zero-order valence-corrected chi connectivity index (χ0v) is 9.71. The van der Waals surface area contributed by atoms with Crippen LogP contribution in [0, 0.1) is 0 Å². The molecule has 0 aliphatic heterocycles. The highest BCUT2D eigenvalue weighted by atomic mass is 16.5. The van der Waals surface area contributed by atoms with Crippen molar-refractivity contribution < 1.29 is 4.74 Å². The Labute approximate surface area is 93.2 Å². The maximum atomic E-state index is 5.89. The van der Waals surface area contributed by atoms with Crippen molar-refractivity contribution in [3.63, 3.8) is 0 Å². The molecule has 1 rings (SSSR count). The summed E-state index contributed by atoms with van der Waals surface area (Å²) in [5.41, 5.74) is 7.36. The predicted molar refractivity (Wildman–Crippen MR) is 65.1 cm³/mol. The highest BCUT2D eigenvalue weighted by Gasteiger charge is 2.14. The molecule has 0 bridgehead atoms. The minimum Gasteiger partial charge on any atom is -0.493 e. The molecule has 0 heterocycles. The fraction of sp³-hybridized carbons (Fsp3) is 0.500. The van der Waals surface area contributed by atoms with E-state index >= 15 is 0 Å². The van der Waals surface area contributed by atoms with Crippen LogP contribution < -0.4 is 15.9 Å². The Kier molecular flexibility index (Phi) is 3.80. The first-order valence-corrected chi connectivity index (χ1v) is 5.18. The standard InChI is InChI=1S/C12H18BNO/c1-12(2,3)9-4-5-11(10(13)8-9)15-7-6-14/h4-5,8H,6-7,14H2,1-3H3. The van der Waals surface area contributed by atoms with Crippen molar-refractivity contribution in [3.05, 3.63) is 23.8 Å². The second kappa shape index (κ2) is 4.71. The molecule has 15 heavy (non-hydrogen) atoms. The highest BCUT2D eigenvalue weighted by molar-refractivity contribution is 6.34. The molecule has 2 N–H and O–H groups in total. The molecule has 0 saturated carbocycles. The zero-order chi connectivity index (χ0) is 11.5. The van der Waals surface area contributed by atoms with Crippen molar-refractivity contribution in [1.29, 1.82) is 0 Å². The van der Waals surface area contributed by atoms with Gasteiger partial charge in [0.1, 0.15) is 20.2 Å². The van der Waals surface area contributed by atoms with E-state index in [9.17, 15) is 0 Å². The molecule has 0 unspecified atom stereocenters. The maximum Gasteiger partial charge on any atom is 0.119 e. The summed E-state index contributed by atoms with van der Waals surface area (Å²) in [5.74, 6) is 0.716. The van der Waals surface area contributed by atoms with E-state index in [4.69, 9.17) is 18.3 Å². The zero-order valence-electron chi connectivity index (χ0n) is 9.71. The summed E-state index contributed by atoms with van der Waals surface area (Å²) in [7, 11) is 5.89. The minimum absolute atomic E-state index is 0.112. The molecule has 2 nitrogen and oxygen atoms in total. The number of ether oxygens (including phenoxy) is 1. The third-order valence-corrected chi connectivity index (χ3v) is 2.25. The van der Waals surface area contributed by atoms with E-state index in [1.54, 1.807) is 0 Å². The van der Waals surface area contributed by atoms with E-state index in [0.29, 0.717) is 24.4 Å². The molecule has 0 aliphatic carbocycles. The van der Waals surface area contributed by atoms with E-state index < -0.39 is 0 Å². The van der Waals surface area contributed by atoms with Crippen LogP contribution >= 0.6 is 0 Å².